The van der Waals surface area contributed by atoms with Gasteiger partial charge in [0.2, 0.25) is 0 Å². The van der Waals surface area contributed by atoms with Crippen LogP contribution < -0.4 is 0 Å². The number of hydrogen-bond acceptors (Lipinski definition) is 6. The molecular weight excluding hydrogens is 600 g/mol. The summed E-state index contributed by atoms with van der Waals surface area (Å²) in [6, 6.07) is 25.8. The van der Waals surface area contributed by atoms with Gasteiger partial charge in [0, 0.05) is 19.8 Å². The van der Waals surface area contributed by atoms with Crippen LogP contribution in [-0.2, 0) is 43.1 Å². The number of ether oxygens (including phenoxy) is 5. The zero-order chi connectivity index (χ0) is 34.0. The Hall–Kier alpha value is -2.84. The van der Waals surface area contributed by atoms with Gasteiger partial charge in [-0.05, 0) is 78.8 Å². The van der Waals surface area contributed by atoms with Gasteiger partial charge in [0.15, 0.2) is 0 Å². The molecule has 0 radical (unpaired) electrons. The third kappa shape index (κ3) is 11.6. The van der Waals surface area contributed by atoms with Crippen molar-refractivity contribution < 1.29 is 28.8 Å². The molecule has 3 aromatic rings. The molecule has 0 unspecified atom stereocenters. The molecule has 6 nitrogen and oxygen atoms in total. The molecule has 1 aliphatic rings. The van der Waals surface area contributed by atoms with Crippen LogP contribution >= 0.6 is 0 Å². The van der Waals surface area contributed by atoms with E-state index in [4.69, 9.17) is 23.7 Å². The second-order valence-electron chi connectivity index (χ2n) is 12.9. The van der Waals surface area contributed by atoms with Crippen LogP contribution in [0.1, 0.15) is 91.9 Å². The molecule has 5 atom stereocenters. The van der Waals surface area contributed by atoms with Crippen molar-refractivity contribution in [2.75, 3.05) is 33.0 Å². The zero-order valence-corrected chi connectivity index (χ0v) is 29.5. The summed E-state index contributed by atoms with van der Waals surface area (Å²) in [6.45, 7) is 13.0. The van der Waals surface area contributed by atoms with Gasteiger partial charge >= 0.3 is 0 Å². The lowest BCUT2D eigenvalue weighted by atomic mass is 9.88. The van der Waals surface area contributed by atoms with Crippen LogP contribution in [0.5, 0.6) is 0 Å². The lowest BCUT2D eigenvalue weighted by Gasteiger charge is -2.46. The van der Waals surface area contributed by atoms with E-state index in [-0.39, 0.29) is 12.7 Å². The Labute approximate surface area is 289 Å². The standard InChI is InChI=1S/C42H58O6/c1-5-8-26-45-40-38(30-43)48-39(41(42(40)46-27-9-6-2)47-31-35-16-11-10-12-17-35)36-23-18-32(4)37(29-36)28-34-21-19-33(20-22-34)15-13-14-25-44-24-7-3/h7,10-12,16-23,29,38-43H,3,5-6,8-9,13-15,24-28,30-31H2,1-2,4H3/t38-,39+,40-,41+,42+/m1/s1. The van der Waals surface area contributed by atoms with E-state index in [1.807, 2.05) is 18.2 Å². The van der Waals surface area contributed by atoms with Crippen LogP contribution in [0.15, 0.2) is 85.5 Å². The van der Waals surface area contributed by atoms with Gasteiger partial charge in [-0.15, -0.1) is 6.58 Å². The molecule has 3 aromatic carbocycles. The number of aliphatic hydroxyl groups is 1. The van der Waals surface area contributed by atoms with Crippen LogP contribution in [0.3, 0.4) is 0 Å². The third-order valence-electron chi connectivity index (χ3n) is 9.07. The maximum atomic E-state index is 10.6. The van der Waals surface area contributed by atoms with Crippen LogP contribution in [0.2, 0.25) is 0 Å². The fraction of sp³-hybridized carbons (Fsp3) is 0.524. The summed E-state index contributed by atoms with van der Waals surface area (Å²) in [4.78, 5) is 0. The molecule has 1 heterocycles. The van der Waals surface area contributed by atoms with Gasteiger partial charge in [-0.2, -0.15) is 0 Å². The van der Waals surface area contributed by atoms with E-state index >= 15 is 0 Å². The average molecular weight is 659 g/mol. The molecule has 6 heteroatoms. The lowest BCUT2D eigenvalue weighted by molar-refractivity contribution is -0.268. The van der Waals surface area contributed by atoms with Crippen molar-refractivity contribution in [3.05, 3.63) is 119 Å². The highest BCUT2D eigenvalue weighted by atomic mass is 16.6. The van der Waals surface area contributed by atoms with Crippen molar-refractivity contribution in [3.63, 3.8) is 0 Å². The number of benzene rings is 3. The van der Waals surface area contributed by atoms with Gasteiger partial charge in [-0.1, -0.05) is 106 Å². The average Bonchev–Trinajstić information content (AvgIpc) is 3.11. The Morgan fingerprint density at radius 1 is 0.750 bits per heavy atom. The summed E-state index contributed by atoms with van der Waals surface area (Å²) >= 11 is 0. The first kappa shape index (κ1) is 38.0. The van der Waals surface area contributed by atoms with Crippen LogP contribution in [0.25, 0.3) is 0 Å². The fourth-order valence-corrected chi connectivity index (χ4v) is 6.20. The fourth-order valence-electron chi connectivity index (χ4n) is 6.20. The summed E-state index contributed by atoms with van der Waals surface area (Å²) in [5, 5.41) is 10.6. The molecule has 0 aromatic heterocycles. The van der Waals surface area contributed by atoms with E-state index in [1.54, 1.807) is 6.08 Å². The van der Waals surface area contributed by atoms with Gasteiger partial charge in [0.1, 0.15) is 30.5 Å². The Morgan fingerprint density at radius 2 is 1.46 bits per heavy atom. The minimum absolute atomic E-state index is 0.154. The largest absolute Gasteiger partial charge is 0.394 e. The normalized spacial score (nSPS) is 21.0. The van der Waals surface area contributed by atoms with E-state index < -0.39 is 24.4 Å². The third-order valence-corrected chi connectivity index (χ3v) is 9.07. The first-order chi connectivity index (χ1) is 23.6. The number of aliphatic hydroxyl groups excluding tert-OH is 1. The van der Waals surface area contributed by atoms with E-state index in [9.17, 15) is 5.11 Å². The van der Waals surface area contributed by atoms with Crippen molar-refractivity contribution in [1.82, 2.24) is 0 Å². The Bertz CT molecular complexity index is 1310. The molecule has 0 saturated carbocycles. The minimum atomic E-state index is -0.527. The lowest BCUT2D eigenvalue weighted by Crippen LogP contribution is -2.58. The van der Waals surface area contributed by atoms with Crippen molar-refractivity contribution in [2.24, 2.45) is 0 Å². The molecule has 0 aliphatic carbocycles. The first-order valence-corrected chi connectivity index (χ1v) is 18.1. The molecule has 262 valence electrons. The van der Waals surface area contributed by atoms with Crippen LogP contribution in [0, 0.1) is 6.92 Å². The van der Waals surface area contributed by atoms with Crippen molar-refractivity contribution in [2.45, 2.75) is 109 Å². The molecule has 0 bridgehead atoms. The maximum absolute atomic E-state index is 10.6. The van der Waals surface area contributed by atoms with Crippen LogP contribution in [-0.4, -0.2) is 62.6 Å². The van der Waals surface area contributed by atoms with E-state index in [0.29, 0.717) is 26.4 Å². The molecule has 1 saturated heterocycles. The van der Waals surface area contributed by atoms with Gasteiger partial charge in [0.25, 0.3) is 0 Å². The minimum Gasteiger partial charge on any atom is -0.394 e. The topological polar surface area (TPSA) is 66.4 Å². The predicted molar refractivity (Wildman–Crippen MR) is 193 cm³/mol. The molecule has 4 rings (SSSR count). The second kappa shape index (κ2) is 21.3. The molecule has 48 heavy (non-hydrogen) atoms. The predicted octanol–water partition coefficient (Wildman–Crippen LogP) is 8.50. The number of rotatable bonds is 22. The highest BCUT2D eigenvalue weighted by Gasteiger charge is 2.48. The Kier molecular flexibility index (Phi) is 16.8. The Morgan fingerprint density at radius 3 is 2.15 bits per heavy atom. The SMILES string of the molecule is C=CCOCCCCc1ccc(Cc2cc([C@@H]3O[C@H](CO)[C@@H](OCCCC)[C@H](OCCCC)[C@H]3OCc3ccccc3)ccc2C)cc1. The number of aryl methyl sites for hydroxylation is 2. The molecule has 1 fully saturated rings. The summed E-state index contributed by atoms with van der Waals surface area (Å²) in [6.07, 6.45) is 7.54. The first-order valence-electron chi connectivity index (χ1n) is 18.1. The summed E-state index contributed by atoms with van der Waals surface area (Å²) < 4.78 is 32.0. The van der Waals surface area contributed by atoms with E-state index in [1.165, 1.54) is 22.3 Å². The van der Waals surface area contributed by atoms with Gasteiger partial charge < -0.3 is 28.8 Å². The highest BCUT2D eigenvalue weighted by Crippen LogP contribution is 2.38. The monoisotopic (exact) mass is 658 g/mol. The van der Waals surface area contributed by atoms with E-state index in [2.05, 4.69) is 81.9 Å². The summed E-state index contributed by atoms with van der Waals surface area (Å²) in [5.41, 5.74) is 7.21. The van der Waals surface area contributed by atoms with Crippen molar-refractivity contribution in [3.8, 4) is 0 Å². The van der Waals surface area contributed by atoms with Crippen LogP contribution in [0.4, 0.5) is 0 Å². The van der Waals surface area contributed by atoms with Gasteiger partial charge in [0.05, 0.1) is 19.8 Å². The zero-order valence-electron chi connectivity index (χ0n) is 29.5. The Balaban J connectivity index is 1.56. The summed E-state index contributed by atoms with van der Waals surface area (Å²) in [5.74, 6) is 0. The summed E-state index contributed by atoms with van der Waals surface area (Å²) in [7, 11) is 0. The van der Waals surface area contributed by atoms with Crippen molar-refractivity contribution in [1.29, 1.82) is 0 Å². The smallest absolute Gasteiger partial charge is 0.117 e. The quantitative estimate of drug-likeness (QED) is 0.0863. The maximum Gasteiger partial charge on any atom is 0.117 e. The van der Waals surface area contributed by atoms with Gasteiger partial charge in [-0.25, -0.2) is 0 Å². The number of hydrogen-bond donors (Lipinski definition) is 1. The molecule has 1 aliphatic heterocycles. The van der Waals surface area contributed by atoms with Crippen molar-refractivity contribution >= 4 is 0 Å². The highest BCUT2D eigenvalue weighted by molar-refractivity contribution is 5.38. The molecule has 0 spiro atoms. The molecular formula is C42H58O6. The van der Waals surface area contributed by atoms with E-state index in [0.717, 1.165) is 69.1 Å². The van der Waals surface area contributed by atoms with Gasteiger partial charge in [-0.3, -0.25) is 0 Å². The molecule has 0 amide bonds. The molecule has 1 N–H and O–H groups in total. The number of unbranched alkanes of at least 4 members (excludes halogenated alkanes) is 3. The second-order valence-corrected chi connectivity index (χ2v) is 12.9.